The maximum absolute atomic E-state index is 4.17. The van der Waals surface area contributed by atoms with E-state index in [2.05, 4.69) is 46.3 Å². The summed E-state index contributed by atoms with van der Waals surface area (Å²) in [6, 6.07) is 2.58. The van der Waals surface area contributed by atoms with Gasteiger partial charge in [0.15, 0.2) is 5.96 Å². The second kappa shape index (κ2) is 8.81. The Kier molecular flexibility index (Phi) is 8.64. The first-order valence-corrected chi connectivity index (χ1v) is 6.18. The van der Waals surface area contributed by atoms with Gasteiger partial charge in [-0.2, -0.15) is 11.3 Å². The largest absolute Gasteiger partial charge is 0.354 e. The lowest BCUT2D eigenvalue weighted by Gasteiger charge is -2.15. The van der Waals surface area contributed by atoms with Crippen molar-refractivity contribution >= 4 is 41.3 Å². The number of hydrogen-bond donors (Lipinski definition) is 2. The molecule has 1 heterocycles. The van der Waals surface area contributed by atoms with Crippen molar-refractivity contribution in [2.24, 2.45) is 4.99 Å². The first-order valence-electron chi connectivity index (χ1n) is 5.24. The van der Waals surface area contributed by atoms with Crippen LogP contribution < -0.4 is 10.6 Å². The molecule has 0 saturated heterocycles. The molecular formula is C11H20IN3S. The Morgan fingerprint density at radius 2 is 2.31 bits per heavy atom. The Labute approximate surface area is 119 Å². The van der Waals surface area contributed by atoms with E-state index >= 15 is 0 Å². The van der Waals surface area contributed by atoms with Crippen LogP contribution in [0.2, 0.25) is 0 Å². The van der Waals surface area contributed by atoms with Gasteiger partial charge in [-0.1, -0.05) is 6.92 Å². The first-order chi connectivity index (χ1) is 7.26. The molecule has 0 amide bonds. The SMILES string of the molecule is CCC(C)NC(=NC)NCc1ccsc1.I. The minimum absolute atomic E-state index is 0. The molecule has 0 fully saturated rings. The lowest BCUT2D eigenvalue weighted by molar-refractivity contribution is 0.624. The third-order valence-corrected chi connectivity index (χ3v) is 2.99. The fourth-order valence-corrected chi connectivity index (χ4v) is 1.78. The van der Waals surface area contributed by atoms with Crippen LogP contribution in [0.15, 0.2) is 21.8 Å². The molecule has 1 unspecified atom stereocenters. The normalized spacial score (nSPS) is 12.8. The van der Waals surface area contributed by atoms with Crippen molar-refractivity contribution in [3.05, 3.63) is 22.4 Å². The molecule has 0 aliphatic heterocycles. The smallest absolute Gasteiger partial charge is 0.191 e. The van der Waals surface area contributed by atoms with Gasteiger partial charge in [0, 0.05) is 19.6 Å². The summed E-state index contributed by atoms with van der Waals surface area (Å²) in [4.78, 5) is 4.17. The van der Waals surface area contributed by atoms with Crippen LogP contribution in [-0.2, 0) is 6.54 Å². The molecule has 16 heavy (non-hydrogen) atoms. The number of aliphatic imine (C=N–C) groups is 1. The molecule has 0 aromatic carbocycles. The van der Waals surface area contributed by atoms with Crippen LogP contribution >= 0.6 is 35.3 Å². The summed E-state index contributed by atoms with van der Waals surface area (Å²) in [5, 5.41) is 10.8. The van der Waals surface area contributed by atoms with Gasteiger partial charge in [0.25, 0.3) is 0 Å². The molecule has 0 aliphatic carbocycles. The van der Waals surface area contributed by atoms with Crippen LogP contribution in [0.3, 0.4) is 0 Å². The number of guanidine groups is 1. The maximum Gasteiger partial charge on any atom is 0.191 e. The second-order valence-electron chi connectivity index (χ2n) is 3.51. The molecule has 0 saturated carbocycles. The maximum atomic E-state index is 4.17. The summed E-state index contributed by atoms with van der Waals surface area (Å²) in [5.41, 5.74) is 1.30. The zero-order valence-electron chi connectivity index (χ0n) is 9.99. The van der Waals surface area contributed by atoms with Crippen LogP contribution in [-0.4, -0.2) is 19.0 Å². The predicted octanol–water partition coefficient (Wildman–Crippen LogP) is 2.83. The summed E-state index contributed by atoms with van der Waals surface area (Å²) < 4.78 is 0. The van der Waals surface area contributed by atoms with Gasteiger partial charge in [0.05, 0.1) is 0 Å². The van der Waals surface area contributed by atoms with Gasteiger partial charge >= 0.3 is 0 Å². The predicted molar refractivity (Wildman–Crippen MR) is 82.8 cm³/mol. The zero-order chi connectivity index (χ0) is 11.1. The number of halogens is 1. The first kappa shape index (κ1) is 15.7. The number of nitrogens with one attached hydrogen (secondary N) is 2. The number of thiophene rings is 1. The monoisotopic (exact) mass is 353 g/mol. The average Bonchev–Trinajstić information content (AvgIpc) is 2.76. The van der Waals surface area contributed by atoms with E-state index in [1.807, 2.05) is 0 Å². The van der Waals surface area contributed by atoms with Gasteiger partial charge in [-0.25, -0.2) is 0 Å². The number of nitrogens with zero attached hydrogens (tertiary/aromatic N) is 1. The highest BCUT2D eigenvalue weighted by Gasteiger charge is 2.02. The minimum atomic E-state index is 0. The molecular weight excluding hydrogens is 333 g/mol. The number of hydrogen-bond acceptors (Lipinski definition) is 2. The molecule has 92 valence electrons. The van der Waals surface area contributed by atoms with Crippen LogP contribution in [0.5, 0.6) is 0 Å². The van der Waals surface area contributed by atoms with Crippen molar-refractivity contribution in [2.45, 2.75) is 32.9 Å². The lowest BCUT2D eigenvalue weighted by Crippen LogP contribution is -2.41. The summed E-state index contributed by atoms with van der Waals surface area (Å²) in [7, 11) is 1.80. The van der Waals surface area contributed by atoms with Crippen LogP contribution in [0.4, 0.5) is 0 Å². The number of rotatable bonds is 4. The van der Waals surface area contributed by atoms with Gasteiger partial charge < -0.3 is 10.6 Å². The van der Waals surface area contributed by atoms with Crippen molar-refractivity contribution in [1.82, 2.24) is 10.6 Å². The molecule has 1 atom stereocenters. The molecule has 0 radical (unpaired) electrons. The van der Waals surface area contributed by atoms with Crippen molar-refractivity contribution in [1.29, 1.82) is 0 Å². The van der Waals surface area contributed by atoms with E-state index in [1.54, 1.807) is 18.4 Å². The highest BCUT2D eigenvalue weighted by atomic mass is 127. The van der Waals surface area contributed by atoms with Gasteiger partial charge in [-0.05, 0) is 35.7 Å². The highest BCUT2D eigenvalue weighted by molar-refractivity contribution is 14.0. The van der Waals surface area contributed by atoms with E-state index in [0.29, 0.717) is 6.04 Å². The molecule has 1 aromatic heterocycles. The second-order valence-corrected chi connectivity index (χ2v) is 4.29. The minimum Gasteiger partial charge on any atom is -0.354 e. The van der Waals surface area contributed by atoms with Gasteiger partial charge in [0.2, 0.25) is 0 Å². The molecule has 0 aliphatic rings. The molecule has 0 bridgehead atoms. The Hall–Kier alpha value is -0.300. The quantitative estimate of drug-likeness (QED) is 0.496. The lowest BCUT2D eigenvalue weighted by atomic mass is 10.3. The highest BCUT2D eigenvalue weighted by Crippen LogP contribution is 2.04. The summed E-state index contributed by atoms with van der Waals surface area (Å²) >= 11 is 1.72. The standard InChI is InChI=1S/C11H19N3S.HI/c1-4-9(2)14-11(12-3)13-7-10-5-6-15-8-10;/h5-6,8-9H,4,7H2,1-3H3,(H2,12,13,14);1H. The third-order valence-electron chi connectivity index (χ3n) is 2.26. The Bertz CT molecular complexity index is 298. The van der Waals surface area contributed by atoms with Crippen molar-refractivity contribution < 1.29 is 0 Å². The molecule has 2 N–H and O–H groups in total. The third kappa shape index (κ3) is 5.69. The fraction of sp³-hybridized carbons (Fsp3) is 0.545. The Morgan fingerprint density at radius 1 is 1.56 bits per heavy atom. The van der Waals surface area contributed by atoms with E-state index in [0.717, 1.165) is 18.9 Å². The van der Waals surface area contributed by atoms with Gasteiger partial charge in [0.1, 0.15) is 0 Å². The molecule has 1 rings (SSSR count). The van der Waals surface area contributed by atoms with E-state index in [1.165, 1.54) is 5.56 Å². The summed E-state index contributed by atoms with van der Waals surface area (Å²) in [6.45, 7) is 5.14. The zero-order valence-corrected chi connectivity index (χ0v) is 13.1. The van der Waals surface area contributed by atoms with E-state index in [-0.39, 0.29) is 24.0 Å². The topological polar surface area (TPSA) is 36.4 Å². The van der Waals surface area contributed by atoms with Gasteiger partial charge in [-0.3, -0.25) is 4.99 Å². The molecule has 0 spiro atoms. The van der Waals surface area contributed by atoms with Crippen LogP contribution in [0.1, 0.15) is 25.8 Å². The van der Waals surface area contributed by atoms with E-state index in [4.69, 9.17) is 0 Å². The molecule has 3 nitrogen and oxygen atoms in total. The van der Waals surface area contributed by atoms with E-state index < -0.39 is 0 Å². The van der Waals surface area contributed by atoms with Gasteiger partial charge in [-0.15, -0.1) is 24.0 Å². The van der Waals surface area contributed by atoms with Crippen molar-refractivity contribution in [3.8, 4) is 0 Å². The fourth-order valence-electron chi connectivity index (χ4n) is 1.11. The van der Waals surface area contributed by atoms with Crippen molar-refractivity contribution in [2.75, 3.05) is 7.05 Å². The van der Waals surface area contributed by atoms with Crippen LogP contribution in [0, 0.1) is 0 Å². The van der Waals surface area contributed by atoms with E-state index in [9.17, 15) is 0 Å². The Morgan fingerprint density at radius 3 is 2.81 bits per heavy atom. The Balaban J connectivity index is 0.00000225. The summed E-state index contributed by atoms with van der Waals surface area (Å²) in [6.07, 6.45) is 1.10. The van der Waals surface area contributed by atoms with Crippen LogP contribution in [0.25, 0.3) is 0 Å². The van der Waals surface area contributed by atoms with Crippen molar-refractivity contribution in [3.63, 3.8) is 0 Å². The molecule has 1 aromatic rings. The average molecular weight is 353 g/mol. The molecule has 5 heteroatoms. The summed E-state index contributed by atoms with van der Waals surface area (Å²) in [5.74, 6) is 0.871.